The second kappa shape index (κ2) is 10.5. The van der Waals surface area contributed by atoms with Crippen LogP contribution in [0.2, 0.25) is 0 Å². The Bertz CT molecular complexity index is 1110. The lowest BCUT2D eigenvalue weighted by atomic mass is 9.44. The van der Waals surface area contributed by atoms with E-state index in [0.717, 1.165) is 60.3 Å². The highest BCUT2D eigenvalue weighted by Crippen LogP contribution is 2.68. The van der Waals surface area contributed by atoms with Gasteiger partial charge >= 0.3 is 5.97 Å². The monoisotopic (exact) mass is 537 g/mol. The Labute approximate surface area is 233 Å². The number of hydrogen-bond donors (Lipinski definition) is 1. The molecular weight excluding hydrogens is 490 g/mol. The van der Waals surface area contributed by atoms with Gasteiger partial charge in [-0.05, 0) is 129 Å². The van der Waals surface area contributed by atoms with Gasteiger partial charge in [0.2, 0.25) is 0 Å². The Morgan fingerprint density at radius 2 is 1.87 bits per heavy atom. The summed E-state index contributed by atoms with van der Waals surface area (Å²) in [7, 11) is 0. The fourth-order valence-electron chi connectivity index (χ4n) is 10.2. The van der Waals surface area contributed by atoms with Crippen molar-refractivity contribution in [3.05, 3.63) is 29.3 Å². The number of thiazole rings is 1. The highest BCUT2D eigenvalue weighted by molar-refractivity contribution is 7.18. The number of aryl methyl sites for hydroxylation is 1. The van der Waals surface area contributed by atoms with Crippen molar-refractivity contribution in [1.82, 2.24) is 4.98 Å². The predicted molar refractivity (Wildman–Crippen MR) is 154 cm³/mol. The topological polar surface area (TPSA) is 59.4 Å². The molecule has 2 aromatic rings. The molecule has 9 atom stereocenters. The van der Waals surface area contributed by atoms with E-state index in [1.807, 2.05) is 11.3 Å². The predicted octanol–water partition coefficient (Wildman–Crippen LogP) is 8.38. The van der Waals surface area contributed by atoms with Crippen LogP contribution in [-0.4, -0.2) is 28.8 Å². The van der Waals surface area contributed by atoms with E-state index in [0.29, 0.717) is 17.4 Å². The van der Waals surface area contributed by atoms with Gasteiger partial charge < -0.3 is 9.84 Å². The van der Waals surface area contributed by atoms with E-state index < -0.39 is 5.97 Å². The maximum absolute atomic E-state index is 10.9. The zero-order valence-electron chi connectivity index (χ0n) is 23.7. The van der Waals surface area contributed by atoms with Crippen LogP contribution in [0, 0.1) is 46.3 Å². The number of benzene rings is 1. The first-order valence-corrected chi connectivity index (χ1v) is 16.3. The van der Waals surface area contributed by atoms with Gasteiger partial charge in [0.1, 0.15) is 0 Å². The Morgan fingerprint density at radius 3 is 2.68 bits per heavy atom. The minimum atomic E-state index is -0.752. The molecule has 4 aliphatic rings. The number of ether oxygens (including phenoxy) is 1. The second-order valence-corrected chi connectivity index (χ2v) is 15.0. The SMILES string of the molecule is C[C@H](CCc1nc2ccccc2s1)[C@H]1CC[C@H]2[C@H]3CC[C@@H]4C[C@@H](OCCC(=O)O)CC[C@]4(C)[C@@H]3CC[C@]12C. The van der Waals surface area contributed by atoms with Crippen LogP contribution < -0.4 is 0 Å². The van der Waals surface area contributed by atoms with Crippen LogP contribution in [0.15, 0.2) is 24.3 Å². The molecule has 0 radical (unpaired) electrons. The molecule has 0 amide bonds. The minimum absolute atomic E-state index is 0.129. The maximum Gasteiger partial charge on any atom is 0.305 e. The number of aromatic nitrogens is 1. The summed E-state index contributed by atoms with van der Waals surface area (Å²) in [6, 6.07) is 8.57. The van der Waals surface area contributed by atoms with Crippen molar-refractivity contribution in [2.45, 2.75) is 104 Å². The number of carbonyl (C=O) groups is 1. The van der Waals surface area contributed by atoms with E-state index in [4.69, 9.17) is 14.8 Å². The lowest BCUT2D eigenvalue weighted by Crippen LogP contribution is -2.54. The highest BCUT2D eigenvalue weighted by atomic mass is 32.1. The molecule has 1 N–H and O–H groups in total. The molecule has 208 valence electrons. The first-order valence-electron chi connectivity index (χ1n) is 15.5. The van der Waals surface area contributed by atoms with Crippen molar-refractivity contribution in [3.8, 4) is 0 Å². The fraction of sp³-hybridized carbons (Fsp3) is 0.758. The molecule has 4 saturated carbocycles. The Kier molecular flexibility index (Phi) is 7.39. The summed E-state index contributed by atoms with van der Waals surface area (Å²) < 4.78 is 7.36. The van der Waals surface area contributed by atoms with Crippen molar-refractivity contribution in [3.63, 3.8) is 0 Å². The molecule has 4 fully saturated rings. The standard InChI is InChI=1S/C33H47NO3S/c1-21(8-13-30-34-28-6-4-5-7-29(28)38-30)25-11-12-26-24-10-9-22-20-23(37-19-16-31(35)36)14-17-32(22,2)27(24)15-18-33(25,26)3/h4-7,21-27H,8-20H2,1-3H3,(H,35,36)/t21-,22-,23+,24-,25-,26+,27-,32+,33-/m1/s1. The molecule has 0 bridgehead atoms. The molecule has 5 heteroatoms. The molecule has 0 unspecified atom stereocenters. The molecule has 0 aliphatic heterocycles. The summed E-state index contributed by atoms with van der Waals surface area (Å²) in [6.07, 6.45) is 14.8. The van der Waals surface area contributed by atoms with Crippen molar-refractivity contribution in [2.24, 2.45) is 46.3 Å². The van der Waals surface area contributed by atoms with Gasteiger partial charge in [0.15, 0.2) is 0 Å². The summed E-state index contributed by atoms with van der Waals surface area (Å²) >= 11 is 1.89. The number of aliphatic carboxylic acids is 1. The quantitative estimate of drug-likeness (QED) is 0.367. The third-order valence-electron chi connectivity index (χ3n) is 12.2. The third-order valence-corrected chi connectivity index (χ3v) is 13.3. The number of hydrogen-bond acceptors (Lipinski definition) is 4. The number of para-hydroxylation sites is 1. The van der Waals surface area contributed by atoms with E-state index in [-0.39, 0.29) is 12.5 Å². The summed E-state index contributed by atoms with van der Waals surface area (Å²) in [4.78, 5) is 15.8. The van der Waals surface area contributed by atoms with Gasteiger partial charge in [-0.15, -0.1) is 11.3 Å². The highest BCUT2D eigenvalue weighted by Gasteiger charge is 2.60. The van der Waals surface area contributed by atoms with Crippen LogP contribution in [0.3, 0.4) is 0 Å². The van der Waals surface area contributed by atoms with Gasteiger partial charge in [-0.3, -0.25) is 4.79 Å². The zero-order valence-corrected chi connectivity index (χ0v) is 24.5. The molecule has 38 heavy (non-hydrogen) atoms. The zero-order chi connectivity index (χ0) is 26.5. The van der Waals surface area contributed by atoms with Crippen molar-refractivity contribution in [2.75, 3.05) is 6.61 Å². The van der Waals surface area contributed by atoms with Gasteiger partial charge in [0, 0.05) is 0 Å². The molecule has 0 saturated heterocycles. The van der Waals surface area contributed by atoms with Gasteiger partial charge in [0.25, 0.3) is 0 Å². The molecule has 4 nitrogen and oxygen atoms in total. The molecule has 1 aromatic carbocycles. The summed E-state index contributed by atoms with van der Waals surface area (Å²) in [5.74, 6) is 4.29. The van der Waals surface area contributed by atoms with Gasteiger partial charge in [-0.25, -0.2) is 4.98 Å². The van der Waals surface area contributed by atoms with Crippen LogP contribution in [0.5, 0.6) is 0 Å². The van der Waals surface area contributed by atoms with Gasteiger partial charge in [-0.2, -0.15) is 0 Å². The number of carboxylic acid groups (broad SMARTS) is 1. The Morgan fingerprint density at radius 1 is 1.08 bits per heavy atom. The molecule has 6 rings (SSSR count). The maximum atomic E-state index is 10.9. The Hall–Kier alpha value is -1.46. The van der Waals surface area contributed by atoms with E-state index in [1.165, 1.54) is 61.1 Å². The number of fused-ring (bicyclic) bond motifs is 6. The average Bonchev–Trinajstić information content (AvgIpc) is 3.47. The minimum Gasteiger partial charge on any atom is -0.481 e. The number of nitrogens with zero attached hydrogens (tertiary/aromatic N) is 1. The van der Waals surface area contributed by atoms with Gasteiger partial charge in [-0.1, -0.05) is 32.9 Å². The van der Waals surface area contributed by atoms with Crippen LogP contribution in [0.25, 0.3) is 10.2 Å². The summed E-state index contributed by atoms with van der Waals surface area (Å²) in [5.41, 5.74) is 2.12. The third kappa shape index (κ3) is 4.74. The van der Waals surface area contributed by atoms with E-state index in [2.05, 4.69) is 45.0 Å². The van der Waals surface area contributed by atoms with Crippen LogP contribution in [0.4, 0.5) is 0 Å². The van der Waals surface area contributed by atoms with E-state index >= 15 is 0 Å². The first-order chi connectivity index (χ1) is 18.3. The Balaban J connectivity index is 1.09. The van der Waals surface area contributed by atoms with E-state index in [9.17, 15) is 4.79 Å². The lowest BCUT2D eigenvalue weighted by molar-refractivity contribution is -0.144. The lowest BCUT2D eigenvalue weighted by Gasteiger charge is -2.61. The van der Waals surface area contributed by atoms with Crippen molar-refractivity contribution >= 4 is 27.5 Å². The molecule has 4 aliphatic carbocycles. The summed E-state index contributed by atoms with van der Waals surface area (Å²) in [5, 5.41) is 10.3. The molecule has 1 heterocycles. The van der Waals surface area contributed by atoms with Gasteiger partial charge in [0.05, 0.1) is 34.4 Å². The summed E-state index contributed by atoms with van der Waals surface area (Å²) in [6.45, 7) is 8.22. The molecule has 0 spiro atoms. The van der Waals surface area contributed by atoms with Crippen molar-refractivity contribution in [1.29, 1.82) is 0 Å². The van der Waals surface area contributed by atoms with Crippen LogP contribution in [-0.2, 0) is 16.0 Å². The second-order valence-electron chi connectivity index (χ2n) is 13.9. The smallest absolute Gasteiger partial charge is 0.305 e. The molecular formula is C33H47NO3S. The molecule has 1 aromatic heterocycles. The van der Waals surface area contributed by atoms with Crippen LogP contribution >= 0.6 is 11.3 Å². The van der Waals surface area contributed by atoms with Crippen molar-refractivity contribution < 1.29 is 14.6 Å². The normalized spacial score (nSPS) is 39.3. The van der Waals surface area contributed by atoms with E-state index in [1.54, 1.807) is 0 Å². The number of carboxylic acids is 1. The number of rotatable bonds is 8. The largest absolute Gasteiger partial charge is 0.481 e. The van der Waals surface area contributed by atoms with Crippen LogP contribution in [0.1, 0.15) is 96.4 Å². The fourth-order valence-corrected chi connectivity index (χ4v) is 11.2. The first kappa shape index (κ1) is 26.7. The average molecular weight is 538 g/mol.